The molecular formula is C46H59N7O6. The SMILES string of the molecule is Cc1cccc(CN2CCN(C(C(=O)NC(Cc3ccc(-c4ccccn4)cc3)CC(O)C(Cc3ccccc3)NC(=O)C(NC(=O)O)C(C)(C)C)C(C)(C)C)C2=O)n1. The highest BCUT2D eigenvalue weighted by atomic mass is 16.4. The molecule has 1 aliphatic rings. The first-order valence-electron chi connectivity index (χ1n) is 20.2. The van der Waals surface area contributed by atoms with Crippen molar-refractivity contribution in [2.24, 2.45) is 10.8 Å². The summed E-state index contributed by atoms with van der Waals surface area (Å²) in [6, 6.07) is 25.0. The van der Waals surface area contributed by atoms with Gasteiger partial charge in [0.2, 0.25) is 11.8 Å². The Balaban J connectivity index is 1.43. The molecule has 13 heteroatoms. The molecule has 5 rings (SSSR count). The number of aliphatic hydroxyl groups is 1. The second-order valence-corrected chi connectivity index (χ2v) is 17.6. The Morgan fingerprint density at radius 2 is 1.44 bits per heavy atom. The lowest BCUT2D eigenvalue weighted by Crippen LogP contribution is -2.59. The third kappa shape index (κ3) is 12.3. The number of benzene rings is 2. The number of urea groups is 1. The number of aryl methyl sites for hydroxylation is 1. The molecule has 0 aliphatic carbocycles. The van der Waals surface area contributed by atoms with E-state index in [1.54, 1.807) is 36.8 Å². The number of carboxylic acid groups (broad SMARTS) is 1. The molecule has 1 aliphatic heterocycles. The van der Waals surface area contributed by atoms with Gasteiger partial charge in [0.1, 0.15) is 12.1 Å². The zero-order chi connectivity index (χ0) is 42.9. The van der Waals surface area contributed by atoms with Gasteiger partial charge in [0.15, 0.2) is 0 Å². The minimum absolute atomic E-state index is 0.0357. The molecule has 59 heavy (non-hydrogen) atoms. The van der Waals surface area contributed by atoms with E-state index >= 15 is 0 Å². The average Bonchev–Trinajstić information content (AvgIpc) is 3.51. The van der Waals surface area contributed by atoms with Crippen LogP contribution in [0.2, 0.25) is 0 Å². The standard InChI is InChI=1S/C46H59N7O6/c1-30-14-13-17-34(48-30)29-52-24-25-53(44(52)59)40(46(5,6)7)42(56)49-35(26-32-19-21-33(22-20-32)36-18-11-12-23-47-36)28-38(54)37(27-31-15-9-8-10-16-31)50-41(55)39(45(2,3)4)51-43(57)58/h8-23,35,37-40,51,54H,24-29H2,1-7H3,(H,49,56)(H,50,55)(H,57,58). The van der Waals surface area contributed by atoms with Gasteiger partial charge in [0.25, 0.3) is 0 Å². The second kappa shape index (κ2) is 19.3. The zero-order valence-electron chi connectivity index (χ0n) is 35.2. The van der Waals surface area contributed by atoms with E-state index in [1.807, 2.05) is 119 Å². The molecular weight excluding hydrogens is 747 g/mol. The van der Waals surface area contributed by atoms with Gasteiger partial charge in [0.05, 0.1) is 30.1 Å². The van der Waals surface area contributed by atoms with Crippen molar-refractivity contribution >= 4 is 23.9 Å². The monoisotopic (exact) mass is 805 g/mol. The number of pyridine rings is 2. The van der Waals surface area contributed by atoms with Gasteiger partial charge in [-0.15, -0.1) is 0 Å². The first-order chi connectivity index (χ1) is 27.9. The van der Waals surface area contributed by atoms with Crippen LogP contribution in [0.1, 0.15) is 70.5 Å². The fourth-order valence-electron chi connectivity index (χ4n) is 7.65. The summed E-state index contributed by atoms with van der Waals surface area (Å²) < 4.78 is 0. The third-order valence-electron chi connectivity index (χ3n) is 10.6. The van der Waals surface area contributed by atoms with E-state index in [-0.39, 0.29) is 24.8 Å². The van der Waals surface area contributed by atoms with Crippen molar-refractivity contribution in [3.8, 4) is 11.3 Å². The highest BCUT2D eigenvalue weighted by Gasteiger charge is 2.44. The van der Waals surface area contributed by atoms with Crippen LogP contribution >= 0.6 is 0 Å². The Labute approximate surface area is 347 Å². The summed E-state index contributed by atoms with van der Waals surface area (Å²) in [7, 11) is 0. The summed E-state index contributed by atoms with van der Waals surface area (Å²) in [5.41, 5.74) is 3.68. The van der Waals surface area contributed by atoms with Crippen LogP contribution in [0.15, 0.2) is 97.2 Å². The van der Waals surface area contributed by atoms with Crippen molar-refractivity contribution in [1.29, 1.82) is 0 Å². The van der Waals surface area contributed by atoms with Gasteiger partial charge in [-0.2, -0.15) is 0 Å². The topological polar surface area (TPSA) is 177 Å². The first kappa shape index (κ1) is 44.3. The Morgan fingerprint density at radius 3 is 2.05 bits per heavy atom. The van der Waals surface area contributed by atoms with Crippen molar-refractivity contribution in [3.05, 3.63) is 120 Å². The molecule has 4 aromatic rings. The lowest BCUT2D eigenvalue weighted by Gasteiger charge is -2.38. The number of carbonyl (C=O) groups is 4. The van der Waals surface area contributed by atoms with Crippen molar-refractivity contribution in [1.82, 2.24) is 35.7 Å². The van der Waals surface area contributed by atoms with Gasteiger partial charge in [0, 0.05) is 36.6 Å². The van der Waals surface area contributed by atoms with E-state index in [0.717, 1.165) is 33.8 Å². The van der Waals surface area contributed by atoms with Gasteiger partial charge in [-0.05, 0) is 72.4 Å². The number of nitrogens with one attached hydrogen (secondary N) is 3. The van der Waals surface area contributed by atoms with Crippen LogP contribution in [0.5, 0.6) is 0 Å². The molecule has 314 valence electrons. The minimum Gasteiger partial charge on any atom is -0.465 e. The maximum Gasteiger partial charge on any atom is 0.405 e. The van der Waals surface area contributed by atoms with E-state index in [0.29, 0.717) is 26.1 Å². The van der Waals surface area contributed by atoms with Crippen LogP contribution in [0.3, 0.4) is 0 Å². The second-order valence-electron chi connectivity index (χ2n) is 17.6. The van der Waals surface area contributed by atoms with Gasteiger partial charge in [-0.25, -0.2) is 9.59 Å². The fraction of sp³-hybridized carbons (Fsp3) is 0.435. The molecule has 0 spiro atoms. The van der Waals surface area contributed by atoms with Crippen LogP contribution in [0.25, 0.3) is 11.3 Å². The van der Waals surface area contributed by atoms with Crippen molar-refractivity contribution in [3.63, 3.8) is 0 Å². The number of carbonyl (C=O) groups excluding carboxylic acids is 3. The van der Waals surface area contributed by atoms with Crippen LogP contribution in [-0.4, -0.2) is 97.3 Å². The summed E-state index contributed by atoms with van der Waals surface area (Å²) in [6.45, 7) is 14.1. The number of hydrogen-bond donors (Lipinski definition) is 5. The van der Waals surface area contributed by atoms with E-state index in [9.17, 15) is 29.4 Å². The summed E-state index contributed by atoms with van der Waals surface area (Å²) in [5, 5.41) is 30.2. The third-order valence-corrected chi connectivity index (χ3v) is 10.6. The van der Waals surface area contributed by atoms with Crippen molar-refractivity contribution < 1.29 is 29.4 Å². The number of nitrogens with zero attached hydrogens (tertiary/aromatic N) is 4. The lowest BCUT2D eigenvalue weighted by molar-refractivity contribution is -0.130. The van der Waals surface area contributed by atoms with Crippen LogP contribution < -0.4 is 16.0 Å². The zero-order valence-corrected chi connectivity index (χ0v) is 35.2. The van der Waals surface area contributed by atoms with Gasteiger partial charge in [-0.1, -0.05) is 108 Å². The Hall–Kier alpha value is -5.82. The summed E-state index contributed by atoms with van der Waals surface area (Å²) in [6.07, 6.45) is -0.168. The molecule has 5 amide bonds. The number of aromatic nitrogens is 2. The van der Waals surface area contributed by atoms with E-state index < -0.39 is 53.1 Å². The highest BCUT2D eigenvalue weighted by Crippen LogP contribution is 2.29. The molecule has 5 N–H and O–H groups in total. The molecule has 5 unspecified atom stereocenters. The molecule has 13 nitrogen and oxygen atoms in total. The lowest BCUT2D eigenvalue weighted by atomic mass is 9.84. The Bertz CT molecular complexity index is 2030. The predicted octanol–water partition coefficient (Wildman–Crippen LogP) is 5.99. The van der Waals surface area contributed by atoms with Crippen molar-refractivity contribution in [2.45, 2.75) is 105 Å². The average molecular weight is 806 g/mol. The molecule has 0 bridgehead atoms. The molecule has 0 saturated carbocycles. The largest absolute Gasteiger partial charge is 0.465 e. The molecule has 2 aromatic heterocycles. The maximum atomic E-state index is 14.6. The summed E-state index contributed by atoms with van der Waals surface area (Å²) >= 11 is 0. The molecule has 0 radical (unpaired) electrons. The number of hydrogen-bond acceptors (Lipinski definition) is 7. The summed E-state index contributed by atoms with van der Waals surface area (Å²) in [4.78, 5) is 66.5. The summed E-state index contributed by atoms with van der Waals surface area (Å²) in [5.74, 6) is -0.929. The predicted molar refractivity (Wildman–Crippen MR) is 227 cm³/mol. The van der Waals surface area contributed by atoms with Gasteiger partial charge >= 0.3 is 12.1 Å². The number of aliphatic hydroxyl groups excluding tert-OH is 1. The minimum atomic E-state index is -1.34. The molecule has 1 fully saturated rings. The highest BCUT2D eigenvalue weighted by molar-refractivity contribution is 5.89. The van der Waals surface area contributed by atoms with Crippen LogP contribution in [0, 0.1) is 17.8 Å². The Kier molecular flexibility index (Phi) is 14.5. The maximum absolute atomic E-state index is 14.6. The fourth-order valence-corrected chi connectivity index (χ4v) is 7.65. The quantitative estimate of drug-likeness (QED) is 0.0917. The molecule has 3 heterocycles. The van der Waals surface area contributed by atoms with E-state index in [4.69, 9.17) is 0 Å². The smallest absolute Gasteiger partial charge is 0.405 e. The van der Waals surface area contributed by atoms with Crippen molar-refractivity contribution in [2.75, 3.05) is 13.1 Å². The number of amides is 5. The van der Waals surface area contributed by atoms with Crippen LogP contribution in [-0.2, 0) is 29.0 Å². The number of rotatable bonds is 16. The van der Waals surface area contributed by atoms with E-state index in [2.05, 4.69) is 25.9 Å². The van der Waals surface area contributed by atoms with Gasteiger partial charge in [-0.3, -0.25) is 19.6 Å². The van der Waals surface area contributed by atoms with Gasteiger partial charge < -0.3 is 36.0 Å². The first-order valence-corrected chi connectivity index (χ1v) is 20.2. The molecule has 2 aromatic carbocycles. The van der Waals surface area contributed by atoms with E-state index in [1.165, 1.54) is 0 Å². The van der Waals surface area contributed by atoms with Crippen LogP contribution in [0.4, 0.5) is 9.59 Å². The molecule has 1 saturated heterocycles. The Morgan fingerprint density at radius 1 is 0.763 bits per heavy atom. The molecule has 5 atom stereocenters. The normalized spacial score (nSPS) is 15.8.